The maximum absolute atomic E-state index is 5.94. The highest BCUT2D eigenvalue weighted by molar-refractivity contribution is 7.13. The number of ether oxygens (including phenoxy) is 1. The second-order valence-electron chi connectivity index (χ2n) is 3.32. The van der Waals surface area contributed by atoms with Crippen LogP contribution >= 0.6 is 11.3 Å². The van der Waals surface area contributed by atoms with Crippen molar-refractivity contribution in [2.24, 2.45) is 5.73 Å². The molecule has 0 aliphatic rings. The summed E-state index contributed by atoms with van der Waals surface area (Å²) < 4.78 is 5.02. The first kappa shape index (κ1) is 9.48. The van der Waals surface area contributed by atoms with E-state index in [0.717, 1.165) is 10.6 Å². The molecule has 0 unspecified atom stereocenters. The predicted octanol–water partition coefficient (Wildman–Crippen LogP) is 1.65. The minimum absolute atomic E-state index is 0.321. The molecule has 0 saturated carbocycles. The molecule has 0 saturated heterocycles. The Kier molecular flexibility index (Phi) is 2.39. The molecule has 0 atom stereocenters. The van der Waals surface area contributed by atoms with Gasteiger partial charge in [-0.1, -0.05) is 11.3 Å². The van der Waals surface area contributed by atoms with Crippen LogP contribution < -0.4 is 10.5 Å². The Morgan fingerprint density at radius 1 is 1.50 bits per heavy atom. The Morgan fingerprint density at radius 2 is 2.08 bits per heavy atom. The first-order valence-corrected chi connectivity index (χ1v) is 4.57. The highest BCUT2D eigenvalue weighted by Gasteiger charge is 2.21. The molecule has 1 aromatic rings. The lowest BCUT2D eigenvalue weighted by atomic mass is 10.0. The van der Waals surface area contributed by atoms with E-state index in [1.54, 1.807) is 7.11 Å². The third-order valence-corrected chi connectivity index (χ3v) is 3.00. The first-order valence-electron chi connectivity index (χ1n) is 3.76. The van der Waals surface area contributed by atoms with Crippen molar-refractivity contribution in [2.75, 3.05) is 7.11 Å². The van der Waals surface area contributed by atoms with Crippen molar-refractivity contribution in [3.63, 3.8) is 0 Å². The van der Waals surface area contributed by atoms with Crippen molar-refractivity contribution >= 4 is 11.3 Å². The van der Waals surface area contributed by atoms with Crippen LogP contribution in [-0.2, 0) is 5.54 Å². The molecule has 4 heteroatoms. The van der Waals surface area contributed by atoms with E-state index in [2.05, 4.69) is 4.98 Å². The number of methoxy groups -OCH3 is 1. The maximum atomic E-state index is 5.94. The SMILES string of the molecule is COc1nc(C)c(C(C)(C)N)s1. The molecule has 68 valence electrons. The van der Waals surface area contributed by atoms with E-state index in [1.165, 1.54) is 11.3 Å². The molecule has 3 nitrogen and oxygen atoms in total. The minimum Gasteiger partial charge on any atom is -0.473 e. The molecule has 0 aliphatic heterocycles. The van der Waals surface area contributed by atoms with Crippen LogP contribution in [0, 0.1) is 6.92 Å². The molecule has 1 aromatic heterocycles. The molecular formula is C8H14N2OS. The molecule has 0 radical (unpaired) electrons. The third kappa shape index (κ3) is 1.76. The lowest BCUT2D eigenvalue weighted by Crippen LogP contribution is -2.28. The fourth-order valence-electron chi connectivity index (χ4n) is 1.06. The first-order chi connectivity index (χ1) is 5.45. The third-order valence-electron chi connectivity index (χ3n) is 1.54. The number of nitrogens with zero attached hydrogens (tertiary/aromatic N) is 1. The topological polar surface area (TPSA) is 48.1 Å². The van der Waals surface area contributed by atoms with E-state index in [1.807, 2.05) is 20.8 Å². The smallest absolute Gasteiger partial charge is 0.273 e. The van der Waals surface area contributed by atoms with Crippen LogP contribution in [0.3, 0.4) is 0 Å². The summed E-state index contributed by atoms with van der Waals surface area (Å²) in [4.78, 5) is 5.29. The lowest BCUT2D eigenvalue weighted by Gasteiger charge is -2.16. The Labute approximate surface area is 76.6 Å². The van der Waals surface area contributed by atoms with Gasteiger partial charge in [0, 0.05) is 5.54 Å². The van der Waals surface area contributed by atoms with Gasteiger partial charge in [-0.05, 0) is 20.8 Å². The number of aryl methyl sites for hydroxylation is 1. The largest absolute Gasteiger partial charge is 0.473 e. The number of thiazole rings is 1. The highest BCUT2D eigenvalue weighted by Crippen LogP contribution is 2.31. The average molecular weight is 186 g/mol. The Hall–Kier alpha value is -0.610. The van der Waals surface area contributed by atoms with Gasteiger partial charge in [-0.3, -0.25) is 0 Å². The summed E-state index contributed by atoms with van der Waals surface area (Å²) >= 11 is 1.51. The fraction of sp³-hybridized carbons (Fsp3) is 0.625. The summed E-state index contributed by atoms with van der Waals surface area (Å²) in [7, 11) is 1.62. The molecule has 0 amide bonds. The quantitative estimate of drug-likeness (QED) is 0.764. The van der Waals surface area contributed by atoms with E-state index in [9.17, 15) is 0 Å². The predicted molar refractivity (Wildman–Crippen MR) is 50.6 cm³/mol. The van der Waals surface area contributed by atoms with Crippen LogP contribution in [0.5, 0.6) is 5.19 Å². The van der Waals surface area contributed by atoms with Crippen molar-refractivity contribution in [2.45, 2.75) is 26.3 Å². The van der Waals surface area contributed by atoms with Gasteiger partial charge in [0.15, 0.2) is 0 Å². The molecule has 0 aliphatic carbocycles. The molecule has 0 spiro atoms. The standard InChI is InChI=1S/C8H14N2OS/c1-5-6(8(2,3)9)12-7(10-5)11-4/h9H2,1-4H3. The zero-order valence-corrected chi connectivity index (χ0v) is 8.66. The molecule has 2 N–H and O–H groups in total. The number of aromatic nitrogens is 1. The van der Waals surface area contributed by atoms with Gasteiger partial charge in [0.1, 0.15) is 0 Å². The average Bonchev–Trinajstić information content (AvgIpc) is 2.29. The molecule has 1 rings (SSSR count). The number of hydrogen-bond acceptors (Lipinski definition) is 4. The second-order valence-corrected chi connectivity index (χ2v) is 4.28. The van der Waals surface area contributed by atoms with Gasteiger partial charge in [-0.15, -0.1) is 0 Å². The van der Waals surface area contributed by atoms with Crippen molar-refractivity contribution in [3.05, 3.63) is 10.6 Å². The van der Waals surface area contributed by atoms with Gasteiger partial charge in [0.2, 0.25) is 0 Å². The van der Waals surface area contributed by atoms with Crippen molar-refractivity contribution in [1.29, 1.82) is 0 Å². The van der Waals surface area contributed by atoms with Gasteiger partial charge in [-0.2, -0.15) is 0 Å². The van der Waals surface area contributed by atoms with Crippen molar-refractivity contribution in [3.8, 4) is 5.19 Å². The molecule has 0 aromatic carbocycles. The second kappa shape index (κ2) is 3.03. The number of hydrogen-bond donors (Lipinski definition) is 1. The van der Waals surface area contributed by atoms with Crippen LogP contribution in [0.15, 0.2) is 0 Å². The van der Waals surface area contributed by atoms with Crippen LogP contribution in [-0.4, -0.2) is 12.1 Å². The Bertz CT molecular complexity index is 275. The van der Waals surface area contributed by atoms with Gasteiger partial charge < -0.3 is 10.5 Å². The fourth-order valence-corrected chi connectivity index (χ4v) is 1.95. The van der Waals surface area contributed by atoms with Gasteiger partial charge >= 0.3 is 0 Å². The van der Waals surface area contributed by atoms with E-state index in [-0.39, 0.29) is 5.54 Å². The molecule has 0 bridgehead atoms. The maximum Gasteiger partial charge on any atom is 0.273 e. The van der Waals surface area contributed by atoms with Crippen molar-refractivity contribution < 1.29 is 4.74 Å². The van der Waals surface area contributed by atoms with Gasteiger partial charge in [-0.25, -0.2) is 4.98 Å². The summed E-state index contributed by atoms with van der Waals surface area (Å²) in [6, 6.07) is 0. The van der Waals surface area contributed by atoms with E-state index in [4.69, 9.17) is 10.5 Å². The zero-order valence-electron chi connectivity index (χ0n) is 7.84. The summed E-state index contributed by atoms with van der Waals surface area (Å²) in [5, 5.41) is 0.682. The lowest BCUT2D eigenvalue weighted by molar-refractivity contribution is 0.411. The number of nitrogens with two attached hydrogens (primary N) is 1. The van der Waals surface area contributed by atoms with Crippen LogP contribution in [0.25, 0.3) is 0 Å². The van der Waals surface area contributed by atoms with Gasteiger partial charge in [0.05, 0.1) is 17.7 Å². The minimum atomic E-state index is -0.321. The molecule has 0 fully saturated rings. The molecule has 1 heterocycles. The van der Waals surface area contributed by atoms with E-state index in [0.29, 0.717) is 5.19 Å². The Balaban J connectivity index is 3.08. The van der Waals surface area contributed by atoms with Crippen molar-refractivity contribution in [1.82, 2.24) is 4.98 Å². The zero-order chi connectivity index (χ0) is 9.35. The summed E-state index contributed by atoms with van der Waals surface area (Å²) in [5.74, 6) is 0. The summed E-state index contributed by atoms with van der Waals surface area (Å²) in [5.41, 5.74) is 6.58. The normalized spacial score (nSPS) is 11.8. The highest BCUT2D eigenvalue weighted by atomic mass is 32.1. The van der Waals surface area contributed by atoms with Gasteiger partial charge in [0.25, 0.3) is 5.19 Å². The monoisotopic (exact) mass is 186 g/mol. The van der Waals surface area contributed by atoms with Crippen LogP contribution in [0.4, 0.5) is 0 Å². The van der Waals surface area contributed by atoms with Crippen LogP contribution in [0.2, 0.25) is 0 Å². The van der Waals surface area contributed by atoms with E-state index < -0.39 is 0 Å². The number of rotatable bonds is 2. The molecule has 12 heavy (non-hydrogen) atoms. The summed E-state index contributed by atoms with van der Waals surface area (Å²) in [6.07, 6.45) is 0. The summed E-state index contributed by atoms with van der Waals surface area (Å²) in [6.45, 7) is 5.88. The molecular weight excluding hydrogens is 172 g/mol. The van der Waals surface area contributed by atoms with Crippen LogP contribution in [0.1, 0.15) is 24.4 Å². The Morgan fingerprint density at radius 3 is 2.33 bits per heavy atom. The van der Waals surface area contributed by atoms with E-state index >= 15 is 0 Å².